The van der Waals surface area contributed by atoms with Crippen LogP contribution >= 0.6 is 0 Å². The van der Waals surface area contributed by atoms with Crippen LogP contribution in [0, 0.1) is 0 Å². The Kier molecular flexibility index (Phi) is 5.26. The number of rotatable bonds is 6. The molecule has 0 fully saturated rings. The molecule has 20 heavy (non-hydrogen) atoms. The van der Waals surface area contributed by atoms with E-state index in [1.165, 1.54) is 5.56 Å². The van der Waals surface area contributed by atoms with Crippen molar-refractivity contribution in [2.75, 3.05) is 6.54 Å². The summed E-state index contributed by atoms with van der Waals surface area (Å²) in [6.07, 6.45) is 2.86. The molecule has 1 aromatic carbocycles. The Bertz CT molecular complexity index is 423. The molecule has 0 bridgehead atoms. The molecular formula is C18H31NO. The van der Waals surface area contributed by atoms with Crippen molar-refractivity contribution in [3.63, 3.8) is 0 Å². The van der Waals surface area contributed by atoms with E-state index in [9.17, 15) is 5.11 Å². The van der Waals surface area contributed by atoms with Gasteiger partial charge >= 0.3 is 0 Å². The first-order valence-electron chi connectivity index (χ1n) is 7.76. The number of hydrogen-bond acceptors (Lipinski definition) is 2. The molecule has 0 saturated carbocycles. The third-order valence-electron chi connectivity index (χ3n) is 4.83. The summed E-state index contributed by atoms with van der Waals surface area (Å²) >= 11 is 0. The molecule has 0 aromatic heterocycles. The van der Waals surface area contributed by atoms with E-state index in [1.807, 2.05) is 0 Å². The zero-order valence-corrected chi connectivity index (χ0v) is 14.0. The van der Waals surface area contributed by atoms with Crippen molar-refractivity contribution in [2.24, 2.45) is 5.73 Å². The molecule has 2 nitrogen and oxygen atoms in total. The van der Waals surface area contributed by atoms with E-state index < -0.39 is 0 Å². The minimum absolute atomic E-state index is 0.0206. The first kappa shape index (κ1) is 17.0. The molecule has 0 aliphatic heterocycles. The molecule has 0 heterocycles. The molecule has 0 aliphatic rings. The van der Waals surface area contributed by atoms with E-state index in [0.29, 0.717) is 12.3 Å². The lowest BCUT2D eigenvalue weighted by Crippen LogP contribution is -2.21. The van der Waals surface area contributed by atoms with Gasteiger partial charge in [0.15, 0.2) is 0 Å². The highest BCUT2D eigenvalue weighted by Crippen LogP contribution is 2.42. The van der Waals surface area contributed by atoms with E-state index in [1.54, 1.807) is 0 Å². The highest BCUT2D eigenvalue weighted by atomic mass is 16.3. The second-order valence-electron chi connectivity index (χ2n) is 7.05. The van der Waals surface area contributed by atoms with Gasteiger partial charge in [-0.1, -0.05) is 53.7 Å². The molecular weight excluding hydrogens is 246 g/mol. The zero-order valence-electron chi connectivity index (χ0n) is 14.0. The van der Waals surface area contributed by atoms with E-state index in [2.05, 4.69) is 53.7 Å². The second kappa shape index (κ2) is 6.17. The smallest absolute Gasteiger partial charge is 0.123 e. The van der Waals surface area contributed by atoms with Crippen molar-refractivity contribution in [2.45, 2.75) is 71.6 Å². The number of phenolic OH excluding ortho intramolecular Hbond substituents is 1. The van der Waals surface area contributed by atoms with E-state index >= 15 is 0 Å². The summed E-state index contributed by atoms with van der Waals surface area (Å²) in [6, 6.07) is 4.28. The van der Waals surface area contributed by atoms with Gasteiger partial charge in [-0.25, -0.2) is 0 Å². The van der Waals surface area contributed by atoms with Crippen LogP contribution in [0.1, 0.15) is 71.1 Å². The maximum Gasteiger partial charge on any atom is 0.123 e. The van der Waals surface area contributed by atoms with E-state index in [-0.39, 0.29) is 10.8 Å². The fourth-order valence-corrected chi connectivity index (χ4v) is 2.42. The molecule has 0 atom stereocenters. The molecule has 2 heteroatoms. The summed E-state index contributed by atoms with van der Waals surface area (Å²) in [5.74, 6) is 0.476. The fraction of sp³-hybridized carbons (Fsp3) is 0.667. The Labute approximate surface area is 124 Å². The Morgan fingerprint density at radius 1 is 0.950 bits per heavy atom. The first-order valence-corrected chi connectivity index (χ1v) is 7.76. The summed E-state index contributed by atoms with van der Waals surface area (Å²) in [6.45, 7) is 13.7. The van der Waals surface area contributed by atoms with Gasteiger partial charge in [0.2, 0.25) is 0 Å². The van der Waals surface area contributed by atoms with Crippen molar-refractivity contribution < 1.29 is 5.11 Å². The number of nitrogens with two attached hydrogens (primary N) is 1. The van der Waals surface area contributed by atoms with Crippen LogP contribution in [0.15, 0.2) is 12.1 Å². The van der Waals surface area contributed by atoms with Crippen molar-refractivity contribution in [3.05, 3.63) is 28.8 Å². The van der Waals surface area contributed by atoms with Crippen LogP contribution in [0.3, 0.4) is 0 Å². The van der Waals surface area contributed by atoms with Gasteiger partial charge in [-0.15, -0.1) is 0 Å². The minimum Gasteiger partial charge on any atom is -0.507 e. The van der Waals surface area contributed by atoms with Gasteiger partial charge in [0.1, 0.15) is 5.75 Å². The Balaban J connectivity index is 3.53. The normalized spacial score (nSPS) is 12.8. The summed E-state index contributed by atoms with van der Waals surface area (Å²) in [7, 11) is 0. The largest absolute Gasteiger partial charge is 0.507 e. The minimum atomic E-state index is -0.0206. The summed E-state index contributed by atoms with van der Waals surface area (Å²) in [5, 5.41) is 10.8. The molecule has 0 unspecified atom stereocenters. The lowest BCUT2D eigenvalue weighted by molar-refractivity contribution is 0.399. The van der Waals surface area contributed by atoms with Gasteiger partial charge in [-0.05, 0) is 42.2 Å². The van der Waals surface area contributed by atoms with E-state index in [0.717, 1.165) is 30.4 Å². The maximum atomic E-state index is 10.8. The van der Waals surface area contributed by atoms with Crippen LogP contribution in [-0.4, -0.2) is 11.7 Å². The van der Waals surface area contributed by atoms with Gasteiger partial charge in [0.05, 0.1) is 0 Å². The predicted octanol–water partition coefficient (Wildman–Crippen LogP) is 4.27. The molecule has 1 rings (SSSR count). The Morgan fingerprint density at radius 3 is 1.65 bits per heavy atom. The SMILES string of the molecule is CCC(C)(C)c1cc(CCN)cc(C(C)(C)CC)c1O. The second-order valence-corrected chi connectivity index (χ2v) is 7.05. The van der Waals surface area contributed by atoms with Crippen LogP contribution in [-0.2, 0) is 17.3 Å². The summed E-state index contributed by atoms with van der Waals surface area (Å²) in [4.78, 5) is 0. The van der Waals surface area contributed by atoms with Crippen LogP contribution in [0.4, 0.5) is 0 Å². The van der Waals surface area contributed by atoms with Gasteiger partial charge in [-0.3, -0.25) is 0 Å². The highest BCUT2D eigenvalue weighted by Gasteiger charge is 2.29. The maximum absolute atomic E-state index is 10.8. The number of phenols is 1. The highest BCUT2D eigenvalue weighted by molar-refractivity contribution is 5.50. The third-order valence-corrected chi connectivity index (χ3v) is 4.83. The first-order chi connectivity index (χ1) is 9.19. The standard InChI is InChI=1S/C18H31NO/c1-7-17(3,4)14-11-13(9-10-19)12-15(16(14)20)18(5,6)8-2/h11-12,20H,7-10,19H2,1-6H3. The topological polar surface area (TPSA) is 46.2 Å². The monoisotopic (exact) mass is 277 g/mol. The lowest BCUT2D eigenvalue weighted by atomic mass is 9.74. The number of aromatic hydroxyl groups is 1. The van der Waals surface area contributed by atoms with E-state index in [4.69, 9.17) is 5.73 Å². The average Bonchev–Trinajstić information content (AvgIpc) is 2.40. The molecule has 0 aliphatic carbocycles. The van der Waals surface area contributed by atoms with Crippen LogP contribution in [0.25, 0.3) is 0 Å². The Morgan fingerprint density at radius 2 is 1.35 bits per heavy atom. The molecule has 0 radical (unpaired) electrons. The van der Waals surface area contributed by atoms with Crippen molar-refractivity contribution in [1.82, 2.24) is 0 Å². The van der Waals surface area contributed by atoms with Gasteiger partial charge in [-0.2, -0.15) is 0 Å². The third kappa shape index (κ3) is 3.35. The summed E-state index contributed by atoms with van der Waals surface area (Å²) < 4.78 is 0. The van der Waals surface area contributed by atoms with Crippen LogP contribution in [0.2, 0.25) is 0 Å². The quantitative estimate of drug-likeness (QED) is 0.815. The molecule has 0 spiro atoms. The van der Waals surface area contributed by atoms with Crippen LogP contribution in [0.5, 0.6) is 5.75 Å². The van der Waals surface area contributed by atoms with Crippen molar-refractivity contribution in [3.8, 4) is 5.75 Å². The number of hydrogen-bond donors (Lipinski definition) is 2. The van der Waals surface area contributed by atoms with Crippen molar-refractivity contribution in [1.29, 1.82) is 0 Å². The zero-order chi connectivity index (χ0) is 15.6. The van der Waals surface area contributed by atoms with Gasteiger partial charge in [0, 0.05) is 11.1 Å². The molecule has 114 valence electrons. The molecule has 0 saturated heterocycles. The fourth-order valence-electron chi connectivity index (χ4n) is 2.42. The Hall–Kier alpha value is -1.02. The van der Waals surface area contributed by atoms with Gasteiger partial charge in [0.25, 0.3) is 0 Å². The van der Waals surface area contributed by atoms with Crippen LogP contribution < -0.4 is 5.73 Å². The predicted molar refractivity (Wildman–Crippen MR) is 87.5 cm³/mol. The average molecular weight is 277 g/mol. The number of benzene rings is 1. The lowest BCUT2D eigenvalue weighted by Gasteiger charge is -2.31. The van der Waals surface area contributed by atoms with Crippen molar-refractivity contribution >= 4 is 0 Å². The molecule has 1 aromatic rings. The molecule has 3 N–H and O–H groups in total. The molecule has 0 amide bonds. The summed E-state index contributed by atoms with van der Waals surface area (Å²) in [5.41, 5.74) is 9.03. The van der Waals surface area contributed by atoms with Gasteiger partial charge < -0.3 is 10.8 Å².